The summed E-state index contributed by atoms with van der Waals surface area (Å²) >= 11 is 0. The van der Waals surface area contributed by atoms with Crippen LogP contribution in [0.5, 0.6) is 0 Å². The van der Waals surface area contributed by atoms with Crippen molar-refractivity contribution < 1.29 is 40.2 Å². The molecule has 0 aromatic carbocycles. The molecule has 0 aliphatic heterocycles. The average molecular weight is 212 g/mol. The maximum absolute atomic E-state index is 10.6. The predicted octanol–water partition coefficient (Wildman–Crippen LogP) is -4.06. The number of carbonyl (C=O) groups is 2. The molecule has 2 unspecified atom stereocenters. The van der Waals surface area contributed by atoms with Gasteiger partial charge < -0.3 is 30.6 Å². The largest absolute Gasteiger partial charge is 0.412 e. The zero-order chi connectivity index (χ0) is 10.4. The van der Waals surface area contributed by atoms with Crippen LogP contribution in [-0.4, -0.2) is 63.3 Å². The van der Waals surface area contributed by atoms with E-state index in [1.54, 1.807) is 0 Å². The van der Waals surface area contributed by atoms with Gasteiger partial charge in [0.1, 0.15) is 0 Å². The van der Waals surface area contributed by atoms with Crippen LogP contribution in [0.1, 0.15) is 0 Å². The molecule has 2 atom stereocenters. The number of aliphatic hydroxyl groups excluding tert-OH is 4. The number of ether oxygens (including phenoxy) is 1. The zero-order valence-corrected chi connectivity index (χ0v) is 7.08. The third-order valence-corrected chi connectivity index (χ3v) is 1.09. The van der Waals surface area contributed by atoms with Crippen LogP contribution in [0.3, 0.4) is 0 Å². The van der Waals surface area contributed by atoms with Crippen LogP contribution in [0.25, 0.3) is 0 Å². The highest BCUT2D eigenvalue weighted by atomic mass is 16.6. The highest BCUT2D eigenvalue weighted by Crippen LogP contribution is 1.92. The summed E-state index contributed by atoms with van der Waals surface area (Å²) in [5.41, 5.74) is 0. The van der Waals surface area contributed by atoms with Gasteiger partial charge in [-0.25, -0.2) is 9.59 Å². The monoisotopic (exact) mass is 212 g/mol. The molecule has 0 saturated heterocycles. The summed E-state index contributed by atoms with van der Waals surface area (Å²) in [7, 11) is 0. The molecule has 0 saturated carbocycles. The van der Waals surface area contributed by atoms with Crippen molar-refractivity contribution in [3.8, 4) is 0 Å². The first-order valence-corrected chi connectivity index (χ1v) is 3.36. The smallest absolute Gasteiger partial charge is 0.345 e. The summed E-state index contributed by atoms with van der Waals surface area (Å²) in [6.07, 6.45) is -3.65. The van der Waals surface area contributed by atoms with Crippen molar-refractivity contribution in [3.05, 3.63) is 0 Å². The van der Waals surface area contributed by atoms with E-state index in [9.17, 15) is 9.59 Å². The van der Waals surface area contributed by atoms with E-state index in [0.29, 0.717) is 0 Å². The van der Waals surface area contributed by atoms with Gasteiger partial charge >= 0.3 is 11.9 Å². The van der Waals surface area contributed by atoms with Gasteiger partial charge in [-0.05, 0) is 0 Å². The van der Waals surface area contributed by atoms with Crippen molar-refractivity contribution in [1.29, 1.82) is 0 Å². The number of carbonyl (C=O) groups excluding carboxylic acids is 2. The fourth-order valence-electron chi connectivity index (χ4n) is 0.384. The third kappa shape index (κ3) is 4.84. The second-order valence-corrected chi connectivity index (χ2v) is 2.14. The van der Waals surface area contributed by atoms with E-state index in [0.717, 1.165) is 0 Å². The highest BCUT2D eigenvalue weighted by Gasteiger charge is 2.23. The van der Waals surface area contributed by atoms with Gasteiger partial charge in [0.25, 0.3) is 0 Å². The van der Waals surface area contributed by atoms with Gasteiger partial charge in [0.2, 0.25) is 0 Å². The van der Waals surface area contributed by atoms with Crippen molar-refractivity contribution in [2.24, 2.45) is 0 Å². The first-order valence-electron chi connectivity index (χ1n) is 3.36. The Kier molecular flexibility index (Phi) is 8.10. The van der Waals surface area contributed by atoms with Gasteiger partial charge in [-0.1, -0.05) is 0 Å². The standard InChI is InChI=1S/C6H10O7.H2O/c7-1-3(9)5(11)13-6(12)4(10)2-8;/h3-4,7-10H,1-2H2;1H2. The topological polar surface area (TPSA) is 156 Å². The molecule has 0 aromatic rings. The second kappa shape index (κ2) is 7.35. The Morgan fingerprint density at radius 1 is 1.00 bits per heavy atom. The number of hydrogen-bond donors (Lipinski definition) is 4. The van der Waals surface area contributed by atoms with Crippen LogP contribution in [-0.2, 0) is 14.3 Å². The van der Waals surface area contributed by atoms with Crippen molar-refractivity contribution in [3.63, 3.8) is 0 Å². The SMILES string of the molecule is O.O=C(OC(=O)C(O)CO)C(O)CO. The molecule has 0 aliphatic carbocycles. The van der Waals surface area contributed by atoms with Gasteiger partial charge in [0.05, 0.1) is 13.2 Å². The average Bonchev–Trinajstić information content (AvgIpc) is 2.14. The van der Waals surface area contributed by atoms with E-state index in [2.05, 4.69) is 4.74 Å². The van der Waals surface area contributed by atoms with E-state index in [1.165, 1.54) is 0 Å². The fourth-order valence-corrected chi connectivity index (χ4v) is 0.384. The molecular formula is C6H12O8. The highest BCUT2D eigenvalue weighted by molar-refractivity contribution is 5.89. The second-order valence-electron chi connectivity index (χ2n) is 2.14. The maximum atomic E-state index is 10.6. The lowest BCUT2D eigenvalue weighted by molar-refractivity contribution is -0.173. The Balaban J connectivity index is 0. The lowest BCUT2D eigenvalue weighted by Gasteiger charge is -2.08. The Bertz CT molecular complexity index is 170. The quantitative estimate of drug-likeness (QED) is 0.273. The number of aliphatic hydroxyl groups is 4. The van der Waals surface area contributed by atoms with E-state index in [-0.39, 0.29) is 5.48 Å². The van der Waals surface area contributed by atoms with Crippen molar-refractivity contribution >= 4 is 11.9 Å². The van der Waals surface area contributed by atoms with Crippen LogP contribution in [0, 0.1) is 0 Å². The molecule has 0 radical (unpaired) electrons. The van der Waals surface area contributed by atoms with Crippen molar-refractivity contribution in [1.82, 2.24) is 0 Å². The van der Waals surface area contributed by atoms with Gasteiger partial charge in [-0.15, -0.1) is 0 Å². The molecule has 0 aromatic heterocycles. The summed E-state index contributed by atoms with van der Waals surface area (Å²) in [6, 6.07) is 0. The Morgan fingerprint density at radius 2 is 1.29 bits per heavy atom. The molecule has 84 valence electrons. The molecule has 0 bridgehead atoms. The third-order valence-electron chi connectivity index (χ3n) is 1.09. The van der Waals surface area contributed by atoms with Crippen molar-refractivity contribution in [2.75, 3.05) is 13.2 Å². The van der Waals surface area contributed by atoms with Gasteiger partial charge in [-0.3, -0.25) is 0 Å². The van der Waals surface area contributed by atoms with Crippen LogP contribution < -0.4 is 0 Å². The molecule has 8 heteroatoms. The predicted molar refractivity (Wildman–Crippen MR) is 40.9 cm³/mol. The van der Waals surface area contributed by atoms with E-state index >= 15 is 0 Å². The van der Waals surface area contributed by atoms with E-state index < -0.39 is 37.4 Å². The first-order chi connectivity index (χ1) is 6.02. The van der Waals surface area contributed by atoms with Crippen LogP contribution in [0.4, 0.5) is 0 Å². The summed E-state index contributed by atoms with van der Waals surface area (Å²) in [6.45, 7) is -1.78. The lowest BCUT2D eigenvalue weighted by atomic mass is 10.3. The van der Waals surface area contributed by atoms with E-state index in [4.69, 9.17) is 20.4 Å². The lowest BCUT2D eigenvalue weighted by Crippen LogP contribution is -2.34. The number of rotatable bonds is 4. The molecule has 14 heavy (non-hydrogen) atoms. The normalized spacial score (nSPS) is 13.7. The molecule has 0 rings (SSSR count). The van der Waals surface area contributed by atoms with Crippen molar-refractivity contribution in [2.45, 2.75) is 12.2 Å². The molecule has 8 nitrogen and oxygen atoms in total. The molecule has 0 amide bonds. The summed E-state index contributed by atoms with van der Waals surface area (Å²) in [5, 5.41) is 33.7. The van der Waals surface area contributed by atoms with Crippen LogP contribution in [0.15, 0.2) is 0 Å². The van der Waals surface area contributed by atoms with Crippen LogP contribution in [0.2, 0.25) is 0 Å². The zero-order valence-electron chi connectivity index (χ0n) is 7.08. The van der Waals surface area contributed by atoms with Gasteiger partial charge in [0.15, 0.2) is 12.2 Å². The summed E-state index contributed by atoms with van der Waals surface area (Å²) in [5.74, 6) is -2.75. The first kappa shape index (κ1) is 15.4. The number of hydrogen-bond acceptors (Lipinski definition) is 7. The Morgan fingerprint density at radius 3 is 1.50 bits per heavy atom. The maximum Gasteiger partial charge on any atom is 0.345 e. The summed E-state index contributed by atoms with van der Waals surface area (Å²) < 4.78 is 3.86. The van der Waals surface area contributed by atoms with Crippen LogP contribution >= 0.6 is 0 Å². The Labute approximate surface area is 78.7 Å². The fraction of sp³-hybridized carbons (Fsp3) is 0.667. The molecule has 6 N–H and O–H groups in total. The molecule has 0 fully saturated rings. The number of esters is 2. The molecule has 0 heterocycles. The molecular weight excluding hydrogens is 200 g/mol. The van der Waals surface area contributed by atoms with Gasteiger partial charge in [-0.2, -0.15) is 0 Å². The molecule has 0 spiro atoms. The van der Waals surface area contributed by atoms with Gasteiger partial charge in [0, 0.05) is 0 Å². The minimum absolute atomic E-state index is 0. The minimum atomic E-state index is -1.82. The summed E-state index contributed by atoms with van der Waals surface area (Å²) in [4.78, 5) is 21.1. The molecule has 0 aliphatic rings. The Hall–Kier alpha value is -1.06. The van der Waals surface area contributed by atoms with E-state index in [1.807, 2.05) is 0 Å². The minimum Gasteiger partial charge on any atom is -0.412 e.